The van der Waals surface area contributed by atoms with Gasteiger partial charge in [-0.3, -0.25) is 9.59 Å². The van der Waals surface area contributed by atoms with Crippen molar-refractivity contribution in [2.24, 2.45) is 0 Å². The minimum Gasteiger partial charge on any atom is -0.481 e. The number of carbonyl (C=O) groups excluding carboxylic acids is 2. The molecule has 0 aliphatic carbocycles. The lowest BCUT2D eigenvalue weighted by Gasteiger charge is -2.34. The van der Waals surface area contributed by atoms with Gasteiger partial charge >= 0.3 is 12.0 Å². The first-order chi connectivity index (χ1) is 9.97. The Morgan fingerprint density at radius 3 is 3.00 bits per heavy atom. The molecule has 0 radical (unpaired) electrons. The van der Waals surface area contributed by atoms with Crippen molar-refractivity contribution in [1.29, 1.82) is 0 Å². The molecular weight excluding hydrogens is 296 g/mol. The molecule has 1 aromatic heterocycles. The first-order valence-corrected chi connectivity index (χ1v) is 7.24. The molecule has 0 saturated carbocycles. The SMILES string of the molecule is Cc1cnc(CNC(=O)N2CCNC(=O)C2CC(=O)O)s1. The lowest BCUT2D eigenvalue weighted by Crippen LogP contribution is -2.59. The topological polar surface area (TPSA) is 112 Å². The summed E-state index contributed by atoms with van der Waals surface area (Å²) in [5, 5.41) is 14.8. The van der Waals surface area contributed by atoms with Gasteiger partial charge in [-0.2, -0.15) is 0 Å². The highest BCUT2D eigenvalue weighted by Crippen LogP contribution is 2.12. The molecular formula is C12H16N4O4S. The zero-order valence-corrected chi connectivity index (χ0v) is 12.3. The molecule has 1 saturated heterocycles. The number of carbonyl (C=O) groups is 3. The Labute approximate surface area is 125 Å². The number of amides is 3. The normalized spacial score (nSPS) is 18.2. The van der Waals surface area contributed by atoms with E-state index in [1.165, 1.54) is 16.2 Å². The van der Waals surface area contributed by atoms with E-state index >= 15 is 0 Å². The van der Waals surface area contributed by atoms with Crippen LogP contribution in [-0.2, 0) is 16.1 Å². The lowest BCUT2D eigenvalue weighted by molar-refractivity contribution is -0.142. The summed E-state index contributed by atoms with van der Waals surface area (Å²) in [4.78, 5) is 41.1. The number of carboxylic acids is 1. The van der Waals surface area contributed by atoms with Gasteiger partial charge in [0.25, 0.3) is 0 Å². The Kier molecular flexibility index (Phi) is 4.73. The van der Waals surface area contributed by atoms with Gasteiger partial charge in [0.2, 0.25) is 5.91 Å². The van der Waals surface area contributed by atoms with Crippen LogP contribution in [0.2, 0.25) is 0 Å². The third-order valence-electron chi connectivity index (χ3n) is 3.02. The van der Waals surface area contributed by atoms with E-state index in [9.17, 15) is 14.4 Å². The van der Waals surface area contributed by atoms with Crippen molar-refractivity contribution >= 4 is 29.2 Å². The van der Waals surface area contributed by atoms with Crippen molar-refractivity contribution in [1.82, 2.24) is 20.5 Å². The third-order valence-corrected chi connectivity index (χ3v) is 3.93. The lowest BCUT2D eigenvalue weighted by atomic mass is 10.1. The van der Waals surface area contributed by atoms with Crippen LogP contribution in [0.1, 0.15) is 16.3 Å². The van der Waals surface area contributed by atoms with Crippen molar-refractivity contribution in [2.45, 2.75) is 25.9 Å². The molecule has 114 valence electrons. The molecule has 1 aliphatic heterocycles. The second kappa shape index (κ2) is 6.53. The molecule has 1 fully saturated rings. The number of carboxylic acid groups (broad SMARTS) is 1. The minimum absolute atomic E-state index is 0.259. The second-order valence-corrected chi connectivity index (χ2v) is 5.94. The van der Waals surface area contributed by atoms with Crippen molar-refractivity contribution in [3.05, 3.63) is 16.1 Å². The van der Waals surface area contributed by atoms with E-state index in [1.807, 2.05) is 6.92 Å². The van der Waals surface area contributed by atoms with E-state index in [2.05, 4.69) is 15.6 Å². The number of hydrogen-bond acceptors (Lipinski definition) is 5. The van der Waals surface area contributed by atoms with E-state index in [4.69, 9.17) is 5.11 Å². The van der Waals surface area contributed by atoms with Crippen molar-refractivity contribution in [3.8, 4) is 0 Å². The van der Waals surface area contributed by atoms with Crippen LogP contribution in [0.5, 0.6) is 0 Å². The molecule has 1 aliphatic rings. The molecule has 21 heavy (non-hydrogen) atoms. The smallest absolute Gasteiger partial charge is 0.318 e. The van der Waals surface area contributed by atoms with Crippen LogP contribution >= 0.6 is 11.3 Å². The highest BCUT2D eigenvalue weighted by Gasteiger charge is 2.34. The standard InChI is InChI=1S/C12H16N4O4S/c1-7-5-14-9(21-7)6-15-12(20)16-3-2-13-11(19)8(16)4-10(17)18/h5,8H,2-4,6H2,1H3,(H,13,19)(H,15,20)(H,17,18). The summed E-state index contributed by atoms with van der Waals surface area (Å²) in [6.07, 6.45) is 1.31. The van der Waals surface area contributed by atoms with Crippen molar-refractivity contribution < 1.29 is 19.5 Å². The van der Waals surface area contributed by atoms with Gasteiger partial charge in [-0.25, -0.2) is 9.78 Å². The Morgan fingerprint density at radius 1 is 1.62 bits per heavy atom. The largest absolute Gasteiger partial charge is 0.481 e. The number of thiazole rings is 1. The molecule has 9 heteroatoms. The summed E-state index contributed by atoms with van der Waals surface area (Å²) in [7, 11) is 0. The van der Waals surface area contributed by atoms with Gasteiger partial charge in [-0.1, -0.05) is 0 Å². The van der Waals surface area contributed by atoms with E-state index in [-0.39, 0.29) is 13.1 Å². The predicted molar refractivity (Wildman–Crippen MR) is 74.8 cm³/mol. The molecule has 2 heterocycles. The van der Waals surface area contributed by atoms with Crippen LogP contribution < -0.4 is 10.6 Å². The number of nitrogens with zero attached hydrogens (tertiary/aromatic N) is 2. The van der Waals surface area contributed by atoms with Crippen LogP contribution in [0.3, 0.4) is 0 Å². The molecule has 3 amide bonds. The molecule has 8 nitrogen and oxygen atoms in total. The zero-order valence-electron chi connectivity index (χ0n) is 11.5. The summed E-state index contributed by atoms with van der Waals surface area (Å²) < 4.78 is 0. The molecule has 2 rings (SSSR count). The van der Waals surface area contributed by atoms with Gasteiger partial charge in [-0.15, -0.1) is 11.3 Å². The van der Waals surface area contributed by atoms with Gasteiger partial charge in [0, 0.05) is 24.2 Å². The summed E-state index contributed by atoms with van der Waals surface area (Å²) >= 11 is 1.47. The molecule has 1 aromatic rings. The molecule has 0 bridgehead atoms. The maximum atomic E-state index is 12.1. The molecule has 3 N–H and O–H groups in total. The minimum atomic E-state index is -1.12. The van der Waals surface area contributed by atoms with Crippen molar-refractivity contribution in [3.63, 3.8) is 0 Å². The average Bonchev–Trinajstić information content (AvgIpc) is 2.84. The number of hydrogen-bond donors (Lipinski definition) is 3. The monoisotopic (exact) mass is 312 g/mol. The van der Waals surface area contributed by atoms with Gasteiger partial charge in [0.05, 0.1) is 13.0 Å². The molecule has 0 spiro atoms. The number of aryl methyl sites for hydroxylation is 1. The summed E-state index contributed by atoms with van der Waals surface area (Å²) in [5.41, 5.74) is 0. The Balaban J connectivity index is 1.98. The number of aromatic nitrogens is 1. The highest BCUT2D eigenvalue weighted by atomic mass is 32.1. The van der Waals surface area contributed by atoms with E-state index in [0.29, 0.717) is 6.54 Å². The van der Waals surface area contributed by atoms with E-state index < -0.39 is 30.4 Å². The van der Waals surface area contributed by atoms with E-state index in [0.717, 1.165) is 9.88 Å². The van der Waals surface area contributed by atoms with Crippen LogP contribution in [0.25, 0.3) is 0 Å². The predicted octanol–water partition coefficient (Wildman–Crippen LogP) is -0.0638. The van der Waals surface area contributed by atoms with E-state index in [1.54, 1.807) is 6.20 Å². The van der Waals surface area contributed by atoms with Gasteiger partial charge in [0.1, 0.15) is 11.0 Å². The van der Waals surface area contributed by atoms with Crippen LogP contribution in [-0.4, -0.2) is 52.0 Å². The fourth-order valence-electron chi connectivity index (χ4n) is 2.06. The summed E-state index contributed by atoms with van der Waals surface area (Å²) in [6, 6.07) is -1.43. The van der Waals surface area contributed by atoms with Crippen LogP contribution in [0, 0.1) is 6.92 Å². The molecule has 1 unspecified atom stereocenters. The van der Waals surface area contributed by atoms with Crippen molar-refractivity contribution in [2.75, 3.05) is 13.1 Å². The Bertz CT molecular complexity index is 559. The quantitative estimate of drug-likeness (QED) is 0.721. The summed E-state index contributed by atoms with van der Waals surface area (Å²) in [6.45, 7) is 2.78. The van der Waals surface area contributed by atoms with Gasteiger partial charge in [-0.05, 0) is 6.92 Å². The molecule has 1 atom stereocenters. The number of nitrogens with one attached hydrogen (secondary N) is 2. The number of aliphatic carboxylic acids is 1. The maximum absolute atomic E-state index is 12.1. The Morgan fingerprint density at radius 2 is 2.38 bits per heavy atom. The third kappa shape index (κ3) is 3.91. The number of urea groups is 1. The highest BCUT2D eigenvalue weighted by molar-refractivity contribution is 7.11. The van der Waals surface area contributed by atoms with Gasteiger partial charge < -0.3 is 20.6 Å². The fraction of sp³-hybridized carbons (Fsp3) is 0.500. The van der Waals surface area contributed by atoms with Gasteiger partial charge in [0.15, 0.2) is 0 Å². The maximum Gasteiger partial charge on any atom is 0.318 e. The van der Waals surface area contributed by atoms with Crippen LogP contribution in [0.15, 0.2) is 6.20 Å². The van der Waals surface area contributed by atoms with Crippen LogP contribution in [0.4, 0.5) is 4.79 Å². The number of piperazine rings is 1. The number of rotatable bonds is 4. The zero-order chi connectivity index (χ0) is 15.4. The second-order valence-electron chi connectivity index (χ2n) is 4.62. The molecule has 0 aromatic carbocycles. The first kappa shape index (κ1) is 15.2. The summed E-state index contributed by atoms with van der Waals surface area (Å²) in [5.74, 6) is -1.56. The fourth-order valence-corrected chi connectivity index (χ4v) is 2.79. The Hall–Kier alpha value is -2.16. The first-order valence-electron chi connectivity index (χ1n) is 6.42. The average molecular weight is 312 g/mol.